The molecule has 1 fully saturated rings. The molecule has 2 rings (SSSR count). The number of rotatable bonds is 3. The third kappa shape index (κ3) is 2.95. The topological polar surface area (TPSA) is 49.8 Å². The highest BCUT2D eigenvalue weighted by atomic mass is 79.9. The van der Waals surface area contributed by atoms with Crippen molar-refractivity contribution in [2.75, 3.05) is 19.7 Å². The van der Waals surface area contributed by atoms with Crippen molar-refractivity contribution in [3.05, 3.63) is 28.5 Å². The van der Waals surface area contributed by atoms with Crippen molar-refractivity contribution >= 4 is 21.8 Å². The van der Waals surface area contributed by atoms with Crippen LogP contribution in [0.4, 0.5) is 4.39 Å². The molecular weight excluding hydrogens is 293 g/mol. The molecule has 92 valence electrons. The Labute approximate surface area is 106 Å². The van der Waals surface area contributed by atoms with Gasteiger partial charge in [0.05, 0.1) is 6.10 Å². The number of hydrogen-bond acceptors (Lipinski definition) is 3. The summed E-state index contributed by atoms with van der Waals surface area (Å²) in [4.78, 5) is 12.9. The number of benzene rings is 1. The molecule has 4 nitrogen and oxygen atoms in total. The van der Waals surface area contributed by atoms with Gasteiger partial charge in [-0.15, -0.1) is 0 Å². The molecule has 0 aliphatic carbocycles. The van der Waals surface area contributed by atoms with Gasteiger partial charge in [-0.05, 0) is 18.2 Å². The predicted molar refractivity (Wildman–Crippen MR) is 62.2 cm³/mol. The Balaban J connectivity index is 1.87. The number of amides is 1. The lowest BCUT2D eigenvalue weighted by atomic mass is 10.2. The van der Waals surface area contributed by atoms with Crippen LogP contribution < -0.4 is 4.74 Å². The third-order valence-electron chi connectivity index (χ3n) is 2.46. The number of ether oxygens (including phenoxy) is 1. The fraction of sp³-hybridized carbons (Fsp3) is 0.364. The summed E-state index contributed by atoms with van der Waals surface area (Å²) in [5, 5.41) is 9.03. The Kier molecular flexibility index (Phi) is 3.63. The van der Waals surface area contributed by atoms with Gasteiger partial charge in [-0.1, -0.05) is 15.9 Å². The van der Waals surface area contributed by atoms with Gasteiger partial charge in [0.2, 0.25) is 0 Å². The Morgan fingerprint density at radius 2 is 2.29 bits per heavy atom. The molecule has 1 N–H and O–H groups in total. The van der Waals surface area contributed by atoms with E-state index in [0.29, 0.717) is 17.6 Å². The molecule has 0 unspecified atom stereocenters. The van der Waals surface area contributed by atoms with Gasteiger partial charge in [-0.3, -0.25) is 4.79 Å². The minimum absolute atomic E-state index is 0.0441. The van der Waals surface area contributed by atoms with Gasteiger partial charge in [0.25, 0.3) is 5.91 Å². The van der Waals surface area contributed by atoms with Crippen LogP contribution in [0.25, 0.3) is 0 Å². The molecule has 0 atom stereocenters. The predicted octanol–water partition coefficient (Wildman–Crippen LogP) is 1.17. The smallest absolute Gasteiger partial charge is 0.260 e. The molecule has 1 aromatic carbocycles. The number of nitrogens with zero attached hydrogens (tertiary/aromatic N) is 1. The highest BCUT2D eigenvalue weighted by Crippen LogP contribution is 2.21. The van der Waals surface area contributed by atoms with Crippen LogP contribution in [-0.2, 0) is 4.79 Å². The average Bonchev–Trinajstić information content (AvgIpc) is 2.23. The summed E-state index contributed by atoms with van der Waals surface area (Å²) >= 11 is 3.13. The first kappa shape index (κ1) is 12.3. The summed E-state index contributed by atoms with van der Waals surface area (Å²) in [6.45, 7) is 0.432. The van der Waals surface area contributed by atoms with E-state index in [4.69, 9.17) is 9.84 Å². The fourth-order valence-corrected chi connectivity index (χ4v) is 1.82. The van der Waals surface area contributed by atoms with Crippen molar-refractivity contribution < 1.29 is 19.0 Å². The standard InChI is InChI=1S/C11H11BrFNO3/c12-7-1-2-10(9(13)3-7)17-6-11(16)14-4-8(15)5-14/h1-3,8,15H,4-6H2. The molecule has 1 heterocycles. The summed E-state index contributed by atoms with van der Waals surface area (Å²) in [7, 11) is 0. The second-order valence-electron chi connectivity index (χ2n) is 3.82. The van der Waals surface area contributed by atoms with Gasteiger partial charge in [-0.2, -0.15) is 0 Å². The summed E-state index contributed by atoms with van der Waals surface area (Å²) in [6.07, 6.45) is -0.441. The third-order valence-corrected chi connectivity index (χ3v) is 2.95. The van der Waals surface area contributed by atoms with Gasteiger partial charge in [0.1, 0.15) is 0 Å². The van der Waals surface area contributed by atoms with Crippen LogP contribution in [0.15, 0.2) is 22.7 Å². The molecule has 0 bridgehead atoms. The van der Waals surface area contributed by atoms with Gasteiger partial charge in [0.15, 0.2) is 18.2 Å². The lowest BCUT2D eigenvalue weighted by molar-refractivity contribution is -0.143. The molecular formula is C11H11BrFNO3. The van der Waals surface area contributed by atoms with Crippen molar-refractivity contribution in [3.63, 3.8) is 0 Å². The Morgan fingerprint density at radius 1 is 1.59 bits per heavy atom. The molecule has 17 heavy (non-hydrogen) atoms. The number of aliphatic hydroxyl groups is 1. The van der Waals surface area contributed by atoms with Gasteiger partial charge in [0, 0.05) is 17.6 Å². The van der Waals surface area contributed by atoms with Crippen LogP contribution in [0.1, 0.15) is 0 Å². The van der Waals surface area contributed by atoms with Crippen LogP contribution in [0.2, 0.25) is 0 Å². The van der Waals surface area contributed by atoms with Crippen molar-refractivity contribution in [3.8, 4) is 5.75 Å². The van der Waals surface area contributed by atoms with E-state index < -0.39 is 11.9 Å². The Bertz CT molecular complexity index is 435. The second kappa shape index (κ2) is 5.01. The maximum Gasteiger partial charge on any atom is 0.260 e. The molecule has 1 aromatic rings. The van der Waals surface area contributed by atoms with Crippen LogP contribution in [0.3, 0.4) is 0 Å². The normalized spacial score (nSPS) is 15.6. The highest BCUT2D eigenvalue weighted by Gasteiger charge is 2.28. The fourth-order valence-electron chi connectivity index (χ4n) is 1.48. The van der Waals surface area contributed by atoms with E-state index in [1.807, 2.05) is 0 Å². The lowest BCUT2D eigenvalue weighted by Gasteiger charge is -2.35. The summed E-state index contributed by atoms with van der Waals surface area (Å²) in [5.41, 5.74) is 0. The molecule has 1 aliphatic rings. The first-order chi connectivity index (χ1) is 8.06. The van der Waals surface area contributed by atoms with E-state index in [1.54, 1.807) is 6.07 Å². The molecule has 0 saturated carbocycles. The van der Waals surface area contributed by atoms with Gasteiger partial charge < -0.3 is 14.7 Å². The molecule has 1 aliphatic heterocycles. The SMILES string of the molecule is O=C(COc1ccc(Br)cc1F)N1CC(O)C1. The molecule has 1 saturated heterocycles. The zero-order chi connectivity index (χ0) is 12.4. The van der Waals surface area contributed by atoms with Gasteiger partial charge in [-0.25, -0.2) is 4.39 Å². The van der Waals surface area contributed by atoms with Crippen LogP contribution in [0.5, 0.6) is 5.75 Å². The summed E-state index contributed by atoms with van der Waals surface area (Å²) in [5.74, 6) is -0.726. The first-order valence-electron chi connectivity index (χ1n) is 5.10. The van der Waals surface area contributed by atoms with E-state index >= 15 is 0 Å². The molecule has 6 heteroatoms. The zero-order valence-electron chi connectivity index (χ0n) is 8.90. The Hall–Kier alpha value is -1.14. The van der Waals surface area contributed by atoms with E-state index in [9.17, 15) is 9.18 Å². The molecule has 0 radical (unpaired) electrons. The summed E-state index contributed by atoms with van der Waals surface area (Å²) < 4.78 is 19.0. The number of likely N-dealkylation sites (tertiary alicyclic amines) is 1. The Morgan fingerprint density at radius 3 is 2.88 bits per heavy atom. The maximum absolute atomic E-state index is 13.3. The van der Waals surface area contributed by atoms with Crippen LogP contribution >= 0.6 is 15.9 Å². The first-order valence-corrected chi connectivity index (χ1v) is 5.89. The van der Waals surface area contributed by atoms with E-state index in [-0.39, 0.29) is 18.3 Å². The van der Waals surface area contributed by atoms with Crippen molar-refractivity contribution in [1.82, 2.24) is 4.90 Å². The minimum Gasteiger partial charge on any atom is -0.481 e. The van der Waals surface area contributed by atoms with E-state index in [2.05, 4.69) is 15.9 Å². The van der Waals surface area contributed by atoms with E-state index in [1.165, 1.54) is 17.0 Å². The molecule has 1 amide bonds. The minimum atomic E-state index is -0.518. The molecule has 0 spiro atoms. The number of carbonyl (C=O) groups excluding carboxylic acids is 1. The number of halogens is 2. The van der Waals surface area contributed by atoms with Crippen LogP contribution in [-0.4, -0.2) is 41.7 Å². The monoisotopic (exact) mass is 303 g/mol. The highest BCUT2D eigenvalue weighted by molar-refractivity contribution is 9.10. The summed E-state index contributed by atoms with van der Waals surface area (Å²) in [6, 6.07) is 4.36. The van der Waals surface area contributed by atoms with Crippen LogP contribution in [0, 0.1) is 5.82 Å². The maximum atomic E-state index is 13.3. The number of carbonyl (C=O) groups is 1. The van der Waals surface area contributed by atoms with Crippen molar-refractivity contribution in [2.24, 2.45) is 0 Å². The van der Waals surface area contributed by atoms with Gasteiger partial charge >= 0.3 is 0 Å². The average molecular weight is 304 g/mol. The largest absolute Gasteiger partial charge is 0.481 e. The van der Waals surface area contributed by atoms with Crippen molar-refractivity contribution in [1.29, 1.82) is 0 Å². The quantitative estimate of drug-likeness (QED) is 0.912. The van der Waals surface area contributed by atoms with E-state index in [0.717, 1.165) is 0 Å². The molecule has 0 aromatic heterocycles. The number of hydrogen-bond donors (Lipinski definition) is 1. The number of aliphatic hydroxyl groups excluding tert-OH is 1. The zero-order valence-corrected chi connectivity index (χ0v) is 10.5. The number of β-amino-alcohol motifs (C(OH)–C–C–N with tert-alkyl or cyclic N) is 1. The lowest BCUT2D eigenvalue weighted by Crippen LogP contribution is -2.54. The van der Waals surface area contributed by atoms with Crippen molar-refractivity contribution in [2.45, 2.75) is 6.10 Å². The second-order valence-corrected chi connectivity index (χ2v) is 4.73.